The van der Waals surface area contributed by atoms with Gasteiger partial charge in [-0.05, 0) is 6.92 Å². The van der Waals surface area contributed by atoms with Crippen molar-refractivity contribution in [3.8, 4) is 11.5 Å². The van der Waals surface area contributed by atoms with Crippen molar-refractivity contribution in [1.29, 1.82) is 0 Å². The molecule has 0 spiro atoms. The van der Waals surface area contributed by atoms with Gasteiger partial charge in [0.05, 0.1) is 24.9 Å². The molecule has 0 saturated heterocycles. The smallest absolute Gasteiger partial charge is 0.182 e. The van der Waals surface area contributed by atoms with Crippen LogP contribution in [0.3, 0.4) is 0 Å². The van der Waals surface area contributed by atoms with Gasteiger partial charge in [-0.3, -0.25) is 0 Å². The van der Waals surface area contributed by atoms with Crippen LogP contribution in [0.1, 0.15) is 5.69 Å². The third kappa shape index (κ3) is 3.00. The molecule has 0 radical (unpaired) electrons. The number of thiazole rings is 1. The first kappa shape index (κ1) is 14.5. The molecule has 6 nitrogen and oxygen atoms in total. The van der Waals surface area contributed by atoms with Gasteiger partial charge >= 0.3 is 0 Å². The van der Waals surface area contributed by atoms with Crippen molar-refractivity contribution in [2.75, 3.05) is 20.0 Å². The zero-order chi connectivity index (χ0) is 14.7. The summed E-state index contributed by atoms with van der Waals surface area (Å²) in [6.45, 7) is 1.82. The molecule has 2 aromatic rings. The van der Waals surface area contributed by atoms with Gasteiger partial charge in [-0.2, -0.15) is 0 Å². The molecule has 106 valence electrons. The van der Waals surface area contributed by atoms with Crippen LogP contribution in [0.25, 0.3) is 0 Å². The molecule has 0 amide bonds. The molecule has 1 aromatic heterocycles. The van der Waals surface area contributed by atoms with E-state index in [2.05, 4.69) is 15.2 Å². The number of azo groups is 1. The van der Waals surface area contributed by atoms with E-state index in [0.717, 1.165) is 5.69 Å². The predicted molar refractivity (Wildman–Crippen MR) is 80.0 cm³/mol. The first-order chi connectivity index (χ1) is 9.55. The topological polar surface area (TPSA) is 82.1 Å². The van der Waals surface area contributed by atoms with Gasteiger partial charge in [-0.15, -0.1) is 10.2 Å². The Labute approximate surface area is 125 Å². The Kier molecular flexibility index (Phi) is 4.41. The Bertz CT molecular complexity index is 657. The Morgan fingerprint density at radius 3 is 2.45 bits per heavy atom. The SMILES string of the molecule is COc1cc(N=Nc2sc(N)nc2C)c(OC)cc1Cl. The van der Waals surface area contributed by atoms with Gasteiger partial charge in [0, 0.05) is 12.1 Å². The fourth-order valence-corrected chi connectivity index (χ4v) is 2.41. The maximum Gasteiger partial charge on any atom is 0.182 e. The number of rotatable bonds is 4. The summed E-state index contributed by atoms with van der Waals surface area (Å²) < 4.78 is 10.4. The van der Waals surface area contributed by atoms with Crippen LogP contribution in [-0.4, -0.2) is 19.2 Å². The second-order valence-electron chi connectivity index (χ2n) is 3.80. The number of hydrogen-bond acceptors (Lipinski definition) is 7. The highest BCUT2D eigenvalue weighted by molar-refractivity contribution is 7.19. The highest BCUT2D eigenvalue weighted by atomic mass is 35.5. The maximum absolute atomic E-state index is 6.02. The fraction of sp³-hybridized carbons (Fsp3) is 0.250. The highest BCUT2D eigenvalue weighted by Crippen LogP contribution is 2.39. The van der Waals surface area contributed by atoms with Crippen LogP contribution < -0.4 is 15.2 Å². The monoisotopic (exact) mass is 312 g/mol. The first-order valence-corrected chi connectivity index (χ1v) is 6.80. The molecule has 0 aliphatic carbocycles. The molecule has 0 aliphatic rings. The number of nitrogens with zero attached hydrogens (tertiary/aromatic N) is 3. The van der Waals surface area contributed by atoms with E-state index in [9.17, 15) is 0 Å². The van der Waals surface area contributed by atoms with Crippen molar-refractivity contribution in [3.63, 3.8) is 0 Å². The minimum absolute atomic E-state index is 0.446. The molecule has 0 aliphatic heterocycles. The Balaban J connectivity index is 2.39. The molecule has 1 heterocycles. The zero-order valence-electron chi connectivity index (χ0n) is 11.2. The number of nitrogen functional groups attached to an aromatic ring is 1. The molecule has 0 fully saturated rings. The molecule has 2 rings (SSSR count). The average molecular weight is 313 g/mol. The number of anilines is 1. The molecule has 0 unspecified atom stereocenters. The summed E-state index contributed by atoms with van der Waals surface area (Å²) in [7, 11) is 3.07. The van der Waals surface area contributed by atoms with Gasteiger partial charge in [0.25, 0.3) is 0 Å². The van der Waals surface area contributed by atoms with E-state index in [-0.39, 0.29) is 0 Å². The largest absolute Gasteiger partial charge is 0.495 e. The molecular formula is C12H13ClN4O2S. The lowest BCUT2D eigenvalue weighted by Gasteiger charge is -2.08. The van der Waals surface area contributed by atoms with Gasteiger partial charge in [0.2, 0.25) is 0 Å². The molecule has 2 N–H and O–H groups in total. The first-order valence-electron chi connectivity index (χ1n) is 5.61. The molecular weight excluding hydrogens is 300 g/mol. The fourth-order valence-electron chi connectivity index (χ4n) is 1.52. The highest BCUT2D eigenvalue weighted by Gasteiger charge is 2.10. The Morgan fingerprint density at radius 2 is 1.90 bits per heavy atom. The average Bonchev–Trinajstić information content (AvgIpc) is 2.75. The second kappa shape index (κ2) is 6.06. The summed E-state index contributed by atoms with van der Waals surface area (Å²) in [5, 5.41) is 9.83. The Morgan fingerprint density at radius 1 is 1.20 bits per heavy atom. The van der Waals surface area contributed by atoms with Crippen LogP contribution in [0.2, 0.25) is 5.02 Å². The number of methoxy groups -OCH3 is 2. The summed E-state index contributed by atoms with van der Waals surface area (Å²) in [6.07, 6.45) is 0. The molecule has 0 saturated carbocycles. The quantitative estimate of drug-likeness (QED) is 0.861. The van der Waals surface area contributed by atoms with Crippen LogP contribution >= 0.6 is 22.9 Å². The summed E-state index contributed by atoms with van der Waals surface area (Å²) in [5.74, 6) is 1.01. The standard InChI is InChI=1S/C12H13ClN4O2S/c1-6-11(20-12(14)15-6)17-16-8-5-9(18-2)7(13)4-10(8)19-3/h4-5H,1-3H3,(H2,14,15). The van der Waals surface area contributed by atoms with Crippen molar-refractivity contribution in [3.05, 3.63) is 22.8 Å². The predicted octanol–water partition coefficient (Wildman–Crippen LogP) is 4.12. The minimum atomic E-state index is 0.446. The van der Waals surface area contributed by atoms with Crippen LogP contribution in [0, 0.1) is 6.92 Å². The molecule has 0 bridgehead atoms. The van der Waals surface area contributed by atoms with E-state index in [1.54, 1.807) is 12.1 Å². The third-order valence-electron chi connectivity index (χ3n) is 2.49. The summed E-state index contributed by atoms with van der Waals surface area (Å²) in [4.78, 5) is 4.08. The van der Waals surface area contributed by atoms with E-state index in [0.29, 0.717) is 32.3 Å². The number of hydrogen-bond donors (Lipinski definition) is 1. The number of ether oxygens (including phenoxy) is 2. The van der Waals surface area contributed by atoms with Gasteiger partial charge in [-0.25, -0.2) is 4.98 Å². The molecule has 0 atom stereocenters. The van der Waals surface area contributed by atoms with Crippen molar-refractivity contribution < 1.29 is 9.47 Å². The van der Waals surface area contributed by atoms with Crippen LogP contribution in [0.4, 0.5) is 15.8 Å². The van der Waals surface area contributed by atoms with Crippen molar-refractivity contribution in [1.82, 2.24) is 4.98 Å². The van der Waals surface area contributed by atoms with Crippen LogP contribution in [-0.2, 0) is 0 Å². The van der Waals surface area contributed by atoms with E-state index in [1.807, 2.05) is 6.92 Å². The lowest BCUT2D eigenvalue weighted by molar-refractivity contribution is 0.404. The number of nitrogens with two attached hydrogens (primary N) is 1. The van der Waals surface area contributed by atoms with Crippen molar-refractivity contribution in [2.24, 2.45) is 10.2 Å². The summed E-state index contributed by atoms with van der Waals surface area (Å²) in [5.41, 5.74) is 6.86. The minimum Gasteiger partial charge on any atom is -0.495 e. The lowest BCUT2D eigenvalue weighted by Crippen LogP contribution is -1.87. The second-order valence-corrected chi connectivity index (χ2v) is 5.22. The van der Waals surface area contributed by atoms with Crippen LogP contribution in [0.15, 0.2) is 22.4 Å². The number of aromatic nitrogens is 1. The van der Waals surface area contributed by atoms with E-state index in [4.69, 9.17) is 26.8 Å². The van der Waals surface area contributed by atoms with Crippen molar-refractivity contribution >= 4 is 38.8 Å². The van der Waals surface area contributed by atoms with Gasteiger partial charge < -0.3 is 15.2 Å². The number of aryl methyl sites for hydroxylation is 1. The van der Waals surface area contributed by atoms with E-state index < -0.39 is 0 Å². The van der Waals surface area contributed by atoms with E-state index in [1.165, 1.54) is 25.6 Å². The van der Waals surface area contributed by atoms with Crippen molar-refractivity contribution in [2.45, 2.75) is 6.92 Å². The summed E-state index contributed by atoms with van der Waals surface area (Å²) in [6, 6.07) is 3.28. The zero-order valence-corrected chi connectivity index (χ0v) is 12.7. The maximum atomic E-state index is 6.02. The summed E-state index contributed by atoms with van der Waals surface area (Å²) >= 11 is 7.29. The normalized spacial score (nSPS) is 11.0. The number of halogens is 1. The van der Waals surface area contributed by atoms with Crippen LogP contribution in [0.5, 0.6) is 11.5 Å². The van der Waals surface area contributed by atoms with Gasteiger partial charge in [-0.1, -0.05) is 22.9 Å². The molecule has 8 heteroatoms. The Hall–Kier alpha value is -1.86. The lowest BCUT2D eigenvalue weighted by atomic mass is 10.3. The van der Waals surface area contributed by atoms with Gasteiger partial charge in [0.1, 0.15) is 17.2 Å². The van der Waals surface area contributed by atoms with Gasteiger partial charge in [0.15, 0.2) is 10.1 Å². The molecule has 1 aromatic carbocycles. The molecule has 20 heavy (non-hydrogen) atoms. The number of benzene rings is 1. The third-order valence-corrected chi connectivity index (χ3v) is 3.66. The van der Waals surface area contributed by atoms with E-state index >= 15 is 0 Å².